The zero-order chi connectivity index (χ0) is 17.7. The highest BCUT2D eigenvalue weighted by atomic mass is 127. The third-order valence-corrected chi connectivity index (χ3v) is 4.85. The Hall–Kier alpha value is -0.760. The van der Waals surface area contributed by atoms with Crippen molar-refractivity contribution < 1.29 is 9.15 Å². The van der Waals surface area contributed by atoms with Gasteiger partial charge < -0.3 is 19.8 Å². The smallest absolute Gasteiger partial charge is 0.191 e. The number of halogens is 1. The van der Waals surface area contributed by atoms with Gasteiger partial charge in [0, 0.05) is 38.8 Å². The average molecular weight is 477 g/mol. The standard InChI is InChI=1S/C20H35N3O2.HI/c1-3-24-15-7-6-13-21-20(22-14-12-18-10-8-16-25-18)23-19-11-5-4-9-17(19)2;/h8,10,16-17,19H,3-7,9,11-15H2,1-2H3,(H2,21,22,23);1H. The highest BCUT2D eigenvalue weighted by molar-refractivity contribution is 14.0. The van der Waals surface area contributed by atoms with Crippen LogP contribution in [0.25, 0.3) is 0 Å². The second-order valence-corrected chi connectivity index (χ2v) is 6.90. The van der Waals surface area contributed by atoms with Crippen LogP contribution in [-0.2, 0) is 11.2 Å². The van der Waals surface area contributed by atoms with E-state index in [0.29, 0.717) is 12.0 Å². The average Bonchev–Trinajstić information content (AvgIpc) is 3.13. The first-order chi connectivity index (χ1) is 12.3. The van der Waals surface area contributed by atoms with Crippen LogP contribution in [0.1, 0.15) is 58.1 Å². The van der Waals surface area contributed by atoms with E-state index in [1.54, 1.807) is 6.26 Å². The first-order valence-electron chi connectivity index (χ1n) is 9.94. The van der Waals surface area contributed by atoms with Gasteiger partial charge in [-0.15, -0.1) is 24.0 Å². The zero-order valence-electron chi connectivity index (χ0n) is 16.3. The van der Waals surface area contributed by atoms with Crippen molar-refractivity contribution in [2.24, 2.45) is 10.9 Å². The van der Waals surface area contributed by atoms with E-state index in [-0.39, 0.29) is 24.0 Å². The summed E-state index contributed by atoms with van der Waals surface area (Å²) in [6, 6.07) is 4.49. The molecule has 0 saturated heterocycles. The number of furan rings is 1. The fourth-order valence-corrected chi connectivity index (χ4v) is 3.27. The molecule has 1 aromatic rings. The van der Waals surface area contributed by atoms with Crippen LogP contribution < -0.4 is 10.6 Å². The van der Waals surface area contributed by atoms with Crippen LogP contribution in [-0.4, -0.2) is 38.3 Å². The van der Waals surface area contributed by atoms with Gasteiger partial charge in [0.05, 0.1) is 6.26 Å². The lowest BCUT2D eigenvalue weighted by molar-refractivity contribution is 0.144. The van der Waals surface area contributed by atoms with E-state index in [4.69, 9.17) is 14.1 Å². The van der Waals surface area contributed by atoms with E-state index in [1.807, 2.05) is 19.1 Å². The topological polar surface area (TPSA) is 58.8 Å². The number of unbranched alkanes of at least 4 members (excludes halogenated alkanes) is 1. The van der Waals surface area contributed by atoms with Crippen molar-refractivity contribution >= 4 is 29.9 Å². The van der Waals surface area contributed by atoms with E-state index in [2.05, 4.69) is 17.6 Å². The minimum Gasteiger partial charge on any atom is -0.469 e. The molecule has 1 aliphatic rings. The molecule has 1 heterocycles. The minimum atomic E-state index is 0. The molecule has 2 rings (SSSR count). The molecule has 1 aromatic heterocycles. The van der Waals surface area contributed by atoms with Crippen molar-refractivity contribution in [2.45, 2.75) is 64.8 Å². The third kappa shape index (κ3) is 9.26. The lowest BCUT2D eigenvalue weighted by atomic mass is 9.86. The summed E-state index contributed by atoms with van der Waals surface area (Å²) >= 11 is 0. The first-order valence-corrected chi connectivity index (χ1v) is 9.94. The summed E-state index contributed by atoms with van der Waals surface area (Å²) in [6.45, 7) is 7.68. The molecule has 0 spiro atoms. The first kappa shape index (κ1) is 23.3. The normalized spacial score (nSPS) is 20.5. The van der Waals surface area contributed by atoms with Crippen molar-refractivity contribution in [3.8, 4) is 0 Å². The van der Waals surface area contributed by atoms with Crippen LogP contribution in [0.5, 0.6) is 0 Å². The van der Waals surface area contributed by atoms with Gasteiger partial charge in [0.25, 0.3) is 0 Å². The van der Waals surface area contributed by atoms with Gasteiger partial charge in [0.1, 0.15) is 5.76 Å². The van der Waals surface area contributed by atoms with E-state index in [0.717, 1.165) is 57.3 Å². The van der Waals surface area contributed by atoms with Crippen molar-refractivity contribution in [1.29, 1.82) is 0 Å². The van der Waals surface area contributed by atoms with Crippen LogP contribution in [0.3, 0.4) is 0 Å². The molecule has 0 radical (unpaired) electrons. The van der Waals surface area contributed by atoms with Crippen molar-refractivity contribution in [3.05, 3.63) is 24.2 Å². The summed E-state index contributed by atoms with van der Waals surface area (Å²) in [4.78, 5) is 4.78. The highest BCUT2D eigenvalue weighted by Crippen LogP contribution is 2.23. The second kappa shape index (κ2) is 14.3. The molecule has 26 heavy (non-hydrogen) atoms. The lowest BCUT2D eigenvalue weighted by Gasteiger charge is -2.31. The summed E-state index contributed by atoms with van der Waals surface area (Å²) in [5.41, 5.74) is 0. The SMILES string of the molecule is CCOCCCCN=C(NCCc1ccco1)NC1CCCCC1C.I. The molecule has 1 aliphatic carbocycles. The summed E-state index contributed by atoms with van der Waals surface area (Å²) in [6.07, 6.45) is 9.95. The van der Waals surface area contributed by atoms with Crippen LogP contribution in [0.15, 0.2) is 27.8 Å². The number of nitrogens with zero attached hydrogens (tertiary/aromatic N) is 1. The number of ether oxygens (including phenoxy) is 1. The van der Waals surface area contributed by atoms with Gasteiger partial charge in [-0.1, -0.05) is 19.8 Å². The highest BCUT2D eigenvalue weighted by Gasteiger charge is 2.21. The Morgan fingerprint density at radius 1 is 1.31 bits per heavy atom. The van der Waals surface area contributed by atoms with Gasteiger partial charge in [-0.05, 0) is 50.7 Å². The van der Waals surface area contributed by atoms with E-state index in [9.17, 15) is 0 Å². The van der Waals surface area contributed by atoms with Gasteiger partial charge in [0.2, 0.25) is 0 Å². The van der Waals surface area contributed by atoms with E-state index >= 15 is 0 Å². The molecule has 0 amide bonds. The Morgan fingerprint density at radius 2 is 2.15 bits per heavy atom. The Kier molecular flexibility index (Phi) is 12.8. The summed E-state index contributed by atoms with van der Waals surface area (Å²) in [5, 5.41) is 7.14. The molecule has 150 valence electrons. The largest absolute Gasteiger partial charge is 0.469 e. The van der Waals surface area contributed by atoms with Crippen LogP contribution in [0.4, 0.5) is 0 Å². The lowest BCUT2D eigenvalue weighted by Crippen LogP contribution is -2.47. The molecule has 2 N–H and O–H groups in total. The maximum Gasteiger partial charge on any atom is 0.191 e. The predicted octanol–water partition coefficient (Wildman–Crippen LogP) is 4.37. The van der Waals surface area contributed by atoms with Crippen molar-refractivity contribution in [1.82, 2.24) is 10.6 Å². The molecule has 2 atom stereocenters. The number of aliphatic imine (C=N–C) groups is 1. The predicted molar refractivity (Wildman–Crippen MR) is 118 cm³/mol. The quantitative estimate of drug-likeness (QED) is 0.228. The van der Waals surface area contributed by atoms with Gasteiger partial charge in [-0.3, -0.25) is 4.99 Å². The van der Waals surface area contributed by atoms with E-state index < -0.39 is 0 Å². The van der Waals surface area contributed by atoms with Gasteiger partial charge >= 0.3 is 0 Å². The number of hydrogen-bond acceptors (Lipinski definition) is 3. The molecule has 1 saturated carbocycles. The summed E-state index contributed by atoms with van der Waals surface area (Å²) in [5.74, 6) is 2.67. The van der Waals surface area contributed by atoms with Crippen molar-refractivity contribution in [2.75, 3.05) is 26.3 Å². The molecular weight excluding hydrogens is 441 g/mol. The maximum atomic E-state index is 5.40. The Morgan fingerprint density at radius 3 is 2.88 bits per heavy atom. The summed E-state index contributed by atoms with van der Waals surface area (Å²) in [7, 11) is 0. The Bertz CT molecular complexity index is 479. The van der Waals surface area contributed by atoms with Crippen molar-refractivity contribution in [3.63, 3.8) is 0 Å². The van der Waals surface area contributed by atoms with Crippen LogP contribution in [0.2, 0.25) is 0 Å². The fraction of sp³-hybridized carbons (Fsp3) is 0.750. The molecule has 2 unspecified atom stereocenters. The zero-order valence-corrected chi connectivity index (χ0v) is 18.7. The number of hydrogen-bond donors (Lipinski definition) is 2. The van der Waals surface area contributed by atoms with Crippen LogP contribution in [0, 0.1) is 5.92 Å². The third-order valence-electron chi connectivity index (χ3n) is 4.85. The summed E-state index contributed by atoms with van der Waals surface area (Å²) < 4.78 is 10.8. The molecule has 0 aromatic carbocycles. The minimum absolute atomic E-state index is 0. The number of guanidine groups is 1. The van der Waals surface area contributed by atoms with Gasteiger partial charge in [-0.25, -0.2) is 0 Å². The van der Waals surface area contributed by atoms with Gasteiger partial charge in [-0.2, -0.15) is 0 Å². The number of rotatable bonds is 10. The molecule has 0 aliphatic heterocycles. The maximum absolute atomic E-state index is 5.40. The second-order valence-electron chi connectivity index (χ2n) is 6.90. The Labute approximate surface area is 175 Å². The Balaban J connectivity index is 0.00000338. The fourth-order valence-electron chi connectivity index (χ4n) is 3.27. The van der Waals surface area contributed by atoms with Gasteiger partial charge in [0.15, 0.2) is 5.96 Å². The van der Waals surface area contributed by atoms with Crippen LogP contribution >= 0.6 is 24.0 Å². The molecule has 5 nitrogen and oxygen atoms in total. The molecule has 0 bridgehead atoms. The molecular formula is C20H36IN3O2. The monoisotopic (exact) mass is 477 g/mol. The molecule has 6 heteroatoms. The molecule has 1 fully saturated rings. The number of nitrogens with one attached hydrogen (secondary N) is 2. The van der Waals surface area contributed by atoms with E-state index in [1.165, 1.54) is 25.7 Å².